The number of nitrogens with one attached hydrogen (secondary N) is 3. The molecule has 6 amide bonds. The van der Waals surface area contributed by atoms with E-state index in [0.717, 1.165) is 43.1 Å². The SMILES string of the molecule is Cc1csc2c(C3CN(C(=O)CCCCCN4C(=O)C=CC4=O)CCN3C(=O)O)cc3c(c12)[C@@H](CCl)CN3C(=O)c1cc2cc(NC(=O)c3cc4ccccc4[nH]3)ccc2[nH]1. The summed E-state index contributed by atoms with van der Waals surface area (Å²) in [6, 6.07) is 17.8. The summed E-state index contributed by atoms with van der Waals surface area (Å²) in [4.78, 5) is 90.3. The number of nitrogens with zero attached hydrogens (tertiary/aromatic N) is 4. The van der Waals surface area contributed by atoms with Gasteiger partial charge in [-0.05, 0) is 84.3 Å². The highest BCUT2D eigenvalue weighted by molar-refractivity contribution is 7.17. The second-order valence-electron chi connectivity index (χ2n) is 15.8. The van der Waals surface area contributed by atoms with E-state index in [9.17, 15) is 33.9 Å². The number of fused-ring (bicyclic) bond motifs is 5. The minimum atomic E-state index is -1.10. The fourth-order valence-corrected chi connectivity index (χ4v) is 10.3. The molecule has 0 spiro atoms. The molecule has 3 aromatic heterocycles. The first kappa shape index (κ1) is 40.0. The van der Waals surface area contributed by atoms with Crippen molar-refractivity contribution in [3.8, 4) is 0 Å². The molecule has 14 nitrogen and oxygen atoms in total. The number of hydrogen-bond acceptors (Lipinski definition) is 7. The van der Waals surface area contributed by atoms with E-state index >= 15 is 0 Å². The lowest BCUT2D eigenvalue weighted by Gasteiger charge is -2.40. The van der Waals surface area contributed by atoms with Crippen LogP contribution < -0.4 is 10.2 Å². The number of anilines is 2. The van der Waals surface area contributed by atoms with Crippen molar-refractivity contribution >= 4 is 102 Å². The predicted octanol–water partition coefficient (Wildman–Crippen LogP) is 7.76. The summed E-state index contributed by atoms with van der Waals surface area (Å²) in [5, 5.41) is 18.0. The number of aromatic nitrogens is 2. The standard InChI is InChI=1S/C45H42ClN7O7S/c1-25-24-61-42-30(36-23-50(15-16-51(36)45(59)60)37(54)9-3-2-6-14-52-38(55)12-13-39(52)56)20-35-41(40(25)42)28(21-46)22-53(35)44(58)34-19-27-17-29(10-11-32(27)49-34)47-43(57)33-18-26-7-4-5-8-31(26)48-33/h4-5,7-8,10-13,17-20,24,28,36,48-49H,2-3,6,9,14-16,21-23H2,1H3,(H,47,57)(H,59,60)/t28-,36?/m0/s1. The van der Waals surface area contributed by atoms with Crippen LogP contribution in [0.5, 0.6) is 0 Å². The van der Waals surface area contributed by atoms with Crippen LogP contribution in [0.1, 0.15) is 75.3 Å². The second kappa shape index (κ2) is 16.2. The zero-order valence-corrected chi connectivity index (χ0v) is 34.8. The van der Waals surface area contributed by atoms with Crippen LogP contribution >= 0.6 is 22.9 Å². The molecule has 0 bridgehead atoms. The van der Waals surface area contributed by atoms with Crippen molar-refractivity contribution in [2.45, 2.75) is 44.6 Å². The minimum Gasteiger partial charge on any atom is -0.465 e. The van der Waals surface area contributed by atoms with Gasteiger partial charge in [0, 0.05) is 106 Å². The van der Waals surface area contributed by atoms with E-state index in [1.807, 2.05) is 54.8 Å². The van der Waals surface area contributed by atoms with Crippen molar-refractivity contribution in [1.82, 2.24) is 24.7 Å². The molecule has 3 aliphatic rings. The first-order valence-electron chi connectivity index (χ1n) is 20.2. The molecule has 9 rings (SSSR count). The lowest BCUT2D eigenvalue weighted by atomic mass is 9.92. The Hall–Kier alpha value is -6.45. The number of H-pyrrole nitrogens is 2. The van der Waals surface area contributed by atoms with Crippen molar-refractivity contribution in [1.29, 1.82) is 0 Å². The summed E-state index contributed by atoms with van der Waals surface area (Å²) in [7, 11) is 0. The van der Waals surface area contributed by atoms with E-state index in [2.05, 4.69) is 15.3 Å². The van der Waals surface area contributed by atoms with Crippen molar-refractivity contribution in [2.24, 2.45) is 0 Å². The lowest BCUT2D eigenvalue weighted by molar-refractivity contribution is -0.137. The Morgan fingerprint density at radius 1 is 0.885 bits per heavy atom. The average Bonchev–Trinajstić information content (AvgIpc) is 4.10. The van der Waals surface area contributed by atoms with Crippen LogP contribution in [0.3, 0.4) is 0 Å². The Morgan fingerprint density at radius 3 is 2.41 bits per heavy atom. The number of imide groups is 1. The average molecular weight is 860 g/mol. The van der Waals surface area contributed by atoms with Crippen LogP contribution in [0, 0.1) is 6.92 Å². The Labute approximate surface area is 358 Å². The van der Waals surface area contributed by atoms with Gasteiger partial charge in [0.2, 0.25) is 5.91 Å². The van der Waals surface area contributed by atoms with Crippen LogP contribution in [-0.4, -0.2) is 104 Å². The molecule has 4 N–H and O–H groups in total. The quantitative estimate of drug-likeness (QED) is 0.0584. The topological polar surface area (TPSA) is 179 Å². The molecular formula is C45H42ClN7O7S. The lowest BCUT2D eigenvalue weighted by Crippen LogP contribution is -2.52. The summed E-state index contributed by atoms with van der Waals surface area (Å²) in [5.74, 6) is -1.23. The van der Waals surface area contributed by atoms with Crippen LogP contribution in [-0.2, 0) is 14.4 Å². The number of alkyl halides is 1. The van der Waals surface area contributed by atoms with Gasteiger partial charge >= 0.3 is 6.09 Å². The molecule has 3 aromatic carbocycles. The van der Waals surface area contributed by atoms with Gasteiger partial charge in [0.05, 0.1) is 6.04 Å². The van der Waals surface area contributed by atoms with Gasteiger partial charge in [0.15, 0.2) is 0 Å². The van der Waals surface area contributed by atoms with Crippen LogP contribution in [0.15, 0.2) is 78.2 Å². The molecule has 0 saturated carbocycles. The molecule has 312 valence electrons. The zero-order valence-electron chi connectivity index (χ0n) is 33.2. The number of carbonyl (C=O) groups is 6. The maximum Gasteiger partial charge on any atom is 0.407 e. The number of piperazine rings is 1. The number of thiophene rings is 1. The summed E-state index contributed by atoms with van der Waals surface area (Å²) >= 11 is 8.15. The number of carboxylic acid groups (broad SMARTS) is 1. The van der Waals surface area contributed by atoms with Gasteiger partial charge in [-0.2, -0.15) is 0 Å². The highest BCUT2D eigenvalue weighted by Gasteiger charge is 2.40. The van der Waals surface area contributed by atoms with Gasteiger partial charge in [-0.3, -0.25) is 33.8 Å². The fraction of sp³-hybridized carbons (Fsp3) is 0.289. The Kier molecular flexibility index (Phi) is 10.6. The largest absolute Gasteiger partial charge is 0.465 e. The van der Waals surface area contributed by atoms with Gasteiger partial charge in [0.1, 0.15) is 11.4 Å². The Morgan fingerprint density at radius 2 is 1.64 bits per heavy atom. The molecule has 1 fully saturated rings. The number of para-hydroxylation sites is 1. The third kappa shape index (κ3) is 7.41. The van der Waals surface area contributed by atoms with Gasteiger partial charge < -0.3 is 30.2 Å². The number of aryl methyl sites for hydroxylation is 1. The molecule has 61 heavy (non-hydrogen) atoms. The molecule has 16 heteroatoms. The van der Waals surface area contributed by atoms with Gasteiger partial charge in [-0.25, -0.2) is 4.79 Å². The number of halogens is 1. The maximum atomic E-state index is 14.6. The first-order chi connectivity index (χ1) is 29.5. The molecule has 0 radical (unpaired) electrons. The number of rotatable bonds is 11. The van der Waals surface area contributed by atoms with E-state index < -0.39 is 12.1 Å². The van der Waals surface area contributed by atoms with Crippen LogP contribution in [0.4, 0.5) is 16.2 Å². The number of amides is 6. The highest BCUT2D eigenvalue weighted by Crippen LogP contribution is 2.49. The Bertz CT molecular complexity index is 2770. The molecule has 1 unspecified atom stereocenters. The predicted molar refractivity (Wildman–Crippen MR) is 235 cm³/mol. The molecular weight excluding hydrogens is 818 g/mol. The normalized spacial score (nSPS) is 17.7. The first-order valence-corrected chi connectivity index (χ1v) is 21.7. The molecule has 6 aromatic rings. The Balaban J connectivity index is 0.964. The van der Waals surface area contributed by atoms with Crippen LogP contribution in [0.2, 0.25) is 0 Å². The van der Waals surface area contributed by atoms with E-state index in [1.54, 1.807) is 28.0 Å². The summed E-state index contributed by atoms with van der Waals surface area (Å²) in [6.45, 7) is 3.13. The molecule has 3 aliphatic heterocycles. The fourth-order valence-electron chi connectivity index (χ4n) is 8.92. The number of hydrogen-bond donors (Lipinski definition) is 4. The molecule has 1 saturated heterocycles. The highest BCUT2D eigenvalue weighted by atomic mass is 35.5. The number of carbonyl (C=O) groups excluding carboxylic acids is 5. The molecule has 0 aliphatic carbocycles. The van der Waals surface area contributed by atoms with E-state index in [-0.39, 0.29) is 67.4 Å². The number of unbranched alkanes of at least 4 members (excludes halogenated alkanes) is 2. The van der Waals surface area contributed by atoms with Crippen molar-refractivity contribution in [2.75, 3.05) is 48.8 Å². The number of benzene rings is 3. The summed E-state index contributed by atoms with van der Waals surface area (Å²) in [5.41, 5.74) is 6.23. The van der Waals surface area contributed by atoms with Gasteiger partial charge in [-0.15, -0.1) is 22.9 Å². The summed E-state index contributed by atoms with van der Waals surface area (Å²) in [6.07, 6.45) is 3.45. The summed E-state index contributed by atoms with van der Waals surface area (Å²) < 4.78 is 0.902. The van der Waals surface area contributed by atoms with Crippen molar-refractivity contribution in [3.63, 3.8) is 0 Å². The molecule has 2 atom stereocenters. The smallest absolute Gasteiger partial charge is 0.407 e. The van der Waals surface area contributed by atoms with Crippen molar-refractivity contribution in [3.05, 3.63) is 106 Å². The zero-order chi connectivity index (χ0) is 42.5. The van der Waals surface area contributed by atoms with Crippen molar-refractivity contribution < 1.29 is 33.9 Å². The minimum absolute atomic E-state index is 0.0943. The third-order valence-electron chi connectivity index (χ3n) is 12.0. The van der Waals surface area contributed by atoms with Gasteiger partial charge in [-0.1, -0.05) is 24.6 Å². The maximum absolute atomic E-state index is 14.6. The molecule has 6 heterocycles. The van der Waals surface area contributed by atoms with E-state index in [1.165, 1.54) is 33.3 Å². The monoisotopic (exact) mass is 859 g/mol. The number of aromatic amines is 2. The second-order valence-corrected chi connectivity index (χ2v) is 17.0. The third-order valence-corrected chi connectivity index (χ3v) is 13.5. The van der Waals surface area contributed by atoms with Crippen LogP contribution in [0.25, 0.3) is 31.9 Å². The van der Waals surface area contributed by atoms with E-state index in [0.29, 0.717) is 60.6 Å². The van der Waals surface area contributed by atoms with Gasteiger partial charge in [0.25, 0.3) is 23.6 Å². The van der Waals surface area contributed by atoms with E-state index in [4.69, 9.17) is 11.6 Å².